The second-order valence-electron chi connectivity index (χ2n) is 4.32. The van der Waals surface area contributed by atoms with Crippen LogP contribution < -0.4 is 10.1 Å². The molecule has 0 aromatic heterocycles. The Labute approximate surface area is 139 Å². The molecular weight excluding hydrogens is 365 g/mol. The van der Waals surface area contributed by atoms with Crippen LogP contribution in [0.4, 0.5) is 0 Å². The Morgan fingerprint density at radius 1 is 1.25 bits per heavy atom. The SMILES string of the molecule is CCCN=C(NCC)N(C)CCOc1ccccc1.I. The summed E-state index contributed by atoms with van der Waals surface area (Å²) in [6, 6.07) is 9.88. The summed E-state index contributed by atoms with van der Waals surface area (Å²) in [4.78, 5) is 6.63. The number of aliphatic imine (C=N–C) groups is 1. The molecule has 0 saturated carbocycles. The van der Waals surface area contributed by atoms with Gasteiger partial charge in [0.1, 0.15) is 12.4 Å². The molecule has 0 radical (unpaired) electrons. The van der Waals surface area contributed by atoms with E-state index in [-0.39, 0.29) is 24.0 Å². The van der Waals surface area contributed by atoms with Crippen LogP contribution in [0.15, 0.2) is 35.3 Å². The van der Waals surface area contributed by atoms with Gasteiger partial charge in [-0.15, -0.1) is 24.0 Å². The molecule has 1 aromatic carbocycles. The number of benzene rings is 1. The van der Waals surface area contributed by atoms with Crippen molar-refractivity contribution in [3.05, 3.63) is 30.3 Å². The number of para-hydroxylation sites is 1. The van der Waals surface area contributed by atoms with Gasteiger partial charge in [-0.1, -0.05) is 25.1 Å². The first-order valence-corrected chi connectivity index (χ1v) is 6.95. The standard InChI is InChI=1S/C15H25N3O.HI/c1-4-11-17-15(16-5-2)18(3)12-13-19-14-9-7-6-8-10-14;/h6-10H,4-5,11-13H2,1-3H3,(H,16,17);1H. The van der Waals surface area contributed by atoms with Crippen LogP contribution in [0, 0.1) is 0 Å². The number of likely N-dealkylation sites (N-methyl/N-ethyl adjacent to an activating group) is 1. The molecule has 0 unspecified atom stereocenters. The van der Waals surface area contributed by atoms with E-state index in [0.717, 1.165) is 37.8 Å². The molecule has 114 valence electrons. The molecule has 1 aromatic rings. The highest BCUT2D eigenvalue weighted by molar-refractivity contribution is 14.0. The minimum absolute atomic E-state index is 0. The Bertz CT molecular complexity index is 371. The molecule has 0 spiro atoms. The summed E-state index contributed by atoms with van der Waals surface area (Å²) in [7, 11) is 2.03. The second-order valence-corrected chi connectivity index (χ2v) is 4.32. The van der Waals surface area contributed by atoms with Crippen molar-refractivity contribution in [1.29, 1.82) is 0 Å². The number of hydrogen-bond donors (Lipinski definition) is 1. The Morgan fingerprint density at radius 3 is 2.55 bits per heavy atom. The highest BCUT2D eigenvalue weighted by Gasteiger charge is 2.04. The van der Waals surface area contributed by atoms with Gasteiger partial charge in [-0.05, 0) is 25.5 Å². The largest absolute Gasteiger partial charge is 0.492 e. The molecule has 0 atom stereocenters. The summed E-state index contributed by atoms with van der Waals surface area (Å²) in [6.07, 6.45) is 1.06. The highest BCUT2D eigenvalue weighted by atomic mass is 127. The molecule has 0 aliphatic carbocycles. The number of ether oxygens (including phenoxy) is 1. The van der Waals surface area contributed by atoms with E-state index in [1.807, 2.05) is 37.4 Å². The van der Waals surface area contributed by atoms with E-state index < -0.39 is 0 Å². The van der Waals surface area contributed by atoms with Crippen LogP contribution in [0.5, 0.6) is 5.75 Å². The lowest BCUT2D eigenvalue weighted by atomic mass is 10.3. The van der Waals surface area contributed by atoms with Gasteiger partial charge in [-0.2, -0.15) is 0 Å². The molecule has 0 heterocycles. The normalized spacial score (nSPS) is 10.7. The predicted octanol–water partition coefficient (Wildman–Crippen LogP) is 2.99. The zero-order valence-corrected chi connectivity index (χ0v) is 15.0. The van der Waals surface area contributed by atoms with E-state index in [2.05, 4.69) is 29.1 Å². The third-order valence-corrected chi connectivity index (χ3v) is 2.62. The third kappa shape index (κ3) is 7.57. The summed E-state index contributed by atoms with van der Waals surface area (Å²) in [5.74, 6) is 1.85. The average molecular weight is 391 g/mol. The average Bonchev–Trinajstić information content (AvgIpc) is 2.44. The number of nitrogens with zero attached hydrogens (tertiary/aromatic N) is 2. The van der Waals surface area contributed by atoms with E-state index >= 15 is 0 Å². The van der Waals surface area contributed by atoms with Crippen LogP contribution in [-0.2, 0) is 0 Å². The fraction of sp³-hybridized carbons (Fsp3) is 0.533. The van der Waals surface area contributed by atoms with Gasteiger partial charge < -0.3 is 15.0 Å². The van der Waals surface area contributed by atoms with E-state index in [1.54, 1.807) is 0 Å². The van der Waals surface area contributed by atoms with Crippen LogP contribution in [0.25, 0.3) is 0 Å². The Balaban J connectivity index is 0.00000361. The summed E-state index contributed by atoms with van der Waals surface area (Å²) >= 11 is 0. The molecule has 20 heavy (non-hydrogen) atoms. The van der Waals surface area contributed by atoms with Crippen molar-refractivity contribution in [2.24, 2.45) is 4.99 Å². The lowest BCUT2D eigenvalue weighted by Gasteiger charge is -2.22. The van der Waals surface area contributed by atoms with Gasteiger partial charge in [0.2, 0.25) is 0 Å². The molecule has 4 nitrogen and oxygen atoms in total. The van der Waals surface area contributed by atoms with Gasteiger partial charge in [-0.25, -0.2) is 0 Å². The zero-order chi connectivity index (χ0) is 13.9. The number of hydrogen-bond acceptors (Lipinski definition) is 2. The van der Waals surface area contributed by atoms with Crippen LogP contribution in [-0.4, -0.2) is 44.1 Å². The first-order valence-electron chi connectivity index (χ1n) is 6.95. The van der Waals surface area contributed by atoms with Crippen molar-refractivity contribution in [3.8, 4) is 5.75 Å². The monoisotopic (exact) mass is 391 g/mol. The van der Waals surface area contributed by atoms with Gasteiger partial charge >= 0.3 is 0 Å². The number of rotatable bonds is 7. The minimum Gasteiger partial charge on any atom is -0.492 e. The molecule has 0 fully saturated rings. The molecule has 5 heteroatoms. The minimum atomic E-state index is 0. The van der Waals surface area contributed by atoms with Crippen molar-refractivity contribution in [2.45, 2.75) is 20.3 Å². The van der Waals surface area contributed by atoms with Gasteiger partial charge in [-0.3, -0.25) is 4.99 Å². The molecule has 1 rings (SSSR count). The van der Waals surface area contributed by atoms with Crippen molar-refractivity contribution in [1.82, 2.24) is 10.2 Å². The number of guanidine groups is 1. The molecule has 0 aliphatic rings. The highest BCUT2D eigenvalue weighted by Crippen LogP contribution is 2.07. The van der Waals surface area contributed by atoms with Crippen molar-refractivity contribution in [2.75, 3.05) is 33.3 Å². The number of halogens is 1. The topological polar surface area (TPSA) is 36.9 Å². The van der Waals surface area contributed by atoms with Gasteiger partial charge in [0, 0.05) is 20.1 Å². The van der Waals surface area contributed by atoms with Crippen LogP contribution in [0.1, 0.15) is 20.3 Å². The third-order valence-electron chi connectivity index (χ3n) is 2.62. The van der Waals surface area contributed by atoms with E-state index in [4.69, 9.17) is 4.74 Å². The summed E-state index contributed by atoms with van der Waals surface area (Å²) in [5.41, 5.74) is 0. The molecule has 0 saturated heterocycles. The van der Waals surface area contributed by atoms with Gasteiger partial charge in [0.25, 0.3) is 0 Å². The smallest absolute Gasteiger partial charge is 0.193 e. The van der Waals surface area contributed by atoms with Gasteiger partial charge in [0.05, 0.1) is 6.54 Å². The Kier molecular flexibility index (Phi) is 11.2. The zero-order valence-electron chi connectivity index (χ0n) is 12.6. The summed E-state index contributed by atoms with van der Waals surface area (Å²) in [5, 5.41) is 3.29. The predicted molar refractivity (Wildman–Crippen MR) is 96.3 cm³/mol. The van der Waals surface area contributed by atoms with Crippen molar-refractivity contribution < 1.29 is 4.74 Å². The fourth-order valence-corrected chi connectivity index (χ4v) is 1.61. The maximum atomic E-state index is 5.68. The lowest BCUT2D eigenvalue weighted by Crippen LogP contribution is -2.41. The van der Waals surface area contributed by atoms with E-state index in [9.17, 15) is 0 Å². The molecule has 1 N–H and O–H groups in total. The van der Waals surface area contributed by atoms with Crippen LogP contribution >= 0.6 is 24.0 Å². The lowest BCUT2D eigenvalue weighted by molar-refractivity contribution is 0.281. The van der Waals surface area contributed by atoms with Gasteiger partial charge in [0.15, 0.2) is 5.96 Å². The molecule has 0 amide bonds. The first-order chi connectivity index (χ1) is 9.27. The summed E-state index contributed by atoms with van der Waals surface area (Å²) in [6.45, 7) is 7.40. The first kappa shape index (κ1) is 19.0. The number of nitrogens with one attached hydrogen (secondary N) is 1. The Morgan fingerprint density at radius 2 is 1.95 bits per heavy atom. The maximum Gasteiger partial charge on any atom is 0.193 e. The Hall–Kier alpha value is -0.980. The van der Waals surface area contributed by atoms with Crippen molar-refractivity contribution >= 4 is 29.9 Å². The summed E-state index contributed by atoms with van der Waals surface area (Å²) < 4.78 is 5.68. The van der Waals surface area contributed by atoms with E-state index in [0.29, 0.717) is 6.61 Å². The van der Waals surface area contributed by atoms with Crippen LogP contribution in [0.2, 0.25) is 0 Å². The van der Waals surface area contributed by atoms with Crippen molar-refractivity contribution in [3.63, 3.8) is 0 Å². The molecule has 0 bridgehead atoms. The quantitative estimate of drug-likeness (QED) is 0.441. The second kappa shape index (κ2) is 11.8. The van der Waals surface area contributed by atoms with Crippen LogP contribution in [0.3, 0.4) is 0 Å². The van der Waals surface area contributed by atoms with E-state index in [1.165, 1.54) is 0 Å². The molecule has 0 aliphatic heterocycles. The fourth-order valence-electron chi connectivity index (χ4n) is 1.61. The maximum absolute atomic E-state index is 5.68. The molecular formula is C15H26IN3O.